The van der Waals surface area contributed by atoms with Gasteiger partial charge >= 0.3 is 0 Å². The van der Waals surface area contributed by atoms with Crippen LogP contribution in [-0.4, -0.2) is 38.7 Å². The molecule has 1 fully saturated rings. The van der Waals surface area contributed by atoms with Crippen molar-refractivity contribution in [1.29, 1.82) is 0 Å². The molecule has 148 valence electrons. The lowest BCUT2D eigenvalue weighted by atomic mass is 10.1. The van der Waals surface area contributed by atoms with Gasteiger partial charge in [0, 0.05) is 36.8 Å². The van der Waals surface area contributed by atoms with Gasteiger partial charge in [-0.05, 0) is 35.9 Å². The van der Waals surface area contributed by atoms with E-state index in [1.54, 1.807) is 12.0 Å². The Labute approximate surface area is 172 Å². The number of ether oxygens (including phenoxy) is 2. The van der Waals surface area contributed by atoms with Gasteiger partial charge in [0.05, 0.1) is 12.5 Å². The summed E-state index contributed by atoms with van der Waals surface area (Å²) in [6.45, 7) is 1.85. The van der Waals surface area contributed by atoms with Crippen molar-refractivity contribution in [2.75, 3.05) is 31.8 Å². The normalized spacial score (nSPS) is 16.3. The quantitative estimate of drug-likeness (QED) is 0.632. The Morgan fingerprint density at radius 1 is 1.21 bits per heavy atom. The molecular formula is C21H23BrN2O4. The predicted molar refractivity (Wildman–Crippen MR) is 110 cm³/mol. The maximum atomic E-state index is 12.5. The number of nitrogens with zero attached hydrogens (tertiary/aromatic N) is 1. The largest absolute Gasteiger partial charge is 0.491 e. The summed E-state index contributed by atoms with van der Waals surface area (Å²) >= 11 is 3.41. The molecule has 2 aromatic rings. The Balaban J connectivity index is 1.50. The summed E-state index contributed by atoms with van der Waals surface area (Å²) in [6.07, 6.45) is 0.227. The van der Waals surface area contributed by atoms with Gasteiger partial charge in [-0.3, -0.25) is 9.59 Å². The average molecular weight is 447 g/mol. The van der Waals surface area contributed by atoms with Crippen LogP contribution in [0, 0.1) is 5.92 Å². The van der Waals surface area contributed by atoms with Crippen LogP contribution in [0.1, 0.15) is 12.0 Å². The van der Waals surface area contributed by atoms with E-state index in [2.05, 4.69) is 21.2 Å². The first-order chi connectivity index (χ1) is 13.6. The second kappa shape index (κ2) is 9.71. The van der Waals surface area contributed by atoms with E-state index in [0.717, 1.165) is 21.5 Å². The highest BCUT2D eigenvalue weighted by molar-refractivity contribution is 9.10. The topological polar surface area (TPSA) is 67.9 Å². The van der Waals surface area contributed by atoms with Crippen LogP contribution in [0.25, 0.3) is 0 Å². The molecule has 3 rings (SSSR count). The second-order valence-electron chi connectivity index (χ2n) is 6.59. The number of carbonyl (C=O) groups excluding carboxylic acids is 2. The lowest BCUT2D eigenvalue weighted by Crippen LogP contribution is -2.32. The van der Waals surface area contributed by atoms with Crippen LogP contribution >= 0.6 is 15.9 Å². The molecule has 2 amide bonds. The molecule has 1 atom stereocenters. The fraction of sp³-hybridized carbons (Fsp3) is 0.333. The third-order valence-corrected chi connectivity index (χ3v) is 5.06. The van der Waals surface area contributed by atoms with Crippen molar-refractivity contribution >= 4 is 33.4 Å². The van der Waals surface area contributed by atoms with Gasteiger partial charge in [0.15, 0.2) is 0 Å². The SMILES string of the molecule is COCCOc1ccc(CNC(=O)C2CC(=O)N(c3cccc(Br)c3)C2)cc1. The Bertz CT molecular complexity index is 825. The Hall–Kier alpha value is -2.38. The van der Waals surface area contributed by atoms with Crippen molar-refractivity contribution in [3.63, 3.8) is 0 Å². The van der Waals surface area contributed by atoms with Crippen molar-refractivity contribution in [1.82, 2.24) is 5.32 Å². The van der Waals surface area contributed by atoms with Crippen LogP contribution in [-0.2, 0) is 20.9 Å². The third kappa shape index (κ3) is 5.33. The van der Waals surface area contributed by atoms with Gasteiger partial charge in [-0.15, -0.1) is 0 Å². The number of halogens is 1. The molecule has 0 saturated carbocycles. The number of benzene rings is 2. The fourth-order valence-corrected chi connectivity index (χ4v) is 3.44. The molecule has 7 heteroatoms. The maximum absolute atomic E-state index is 12.5. The number of rotatable bonds is 8. The van der Waals surface area contributed by atoms with Gasteiger partial charge in [0.1, 0.15) is 12.4 Å². The number of hydrogen-bond acceptors (Lipinski definition) is 4. The van der Waals surface area contributed by atoms with Crippen molar-refractivity contribution in [2.24, 2.45) is 5.92 Å². The molecule has 6 nitrogen and oxygen atoms in total. The first kappa shape index (κ1) is 20.4. The molecule has 0 aliphatic carbocycles. The lowest BCUT2D eigenvalue weighted by molar-refractivity contribution is -0.126. The Morgan fingerprint density at radius 3 is 2.71 bits per heavy atom. The summed E-state index contributed by atoms with van der Waals surface area (Å²) in [5, 5.41) is 2.93. The third-order valence-electron chi connectivity index (χ3n) is 4.56. The second-order valence-corrected chi connectivity index (χ2v) is 7.50. The van der Waals surface area contributed by atoms with Gasteiger partial charge in [-0.25, -0.2) is 0 Å². The van der Waals surface area contributed by atoms with Crippen LogP contribution in [0.5, 0.6) is 5.75 Å². The van der Waals surface area contributed by atoms with Crippen molar-refractivity contribution in [3.8, 4) is 5.75 Å². The van der Waals surface area contributed by atoms with Crippen molar-refractivity contribution < 1.29 is 19.1 Å². The number of hydrogen-bond donors (Lipinski definition) is 1. The van der Waals surface area contributed by atoms with E-state index in [1.807, 2.05) is 48.5 Å². The number of carbonyl (C=O) groups is 2. The highest BCUT2D eigenvalue weighted by Crippen LogP contribution is 2.27. The van der Waals surface area contributed by atoms with Crippen LogP contribution in [0.15, 0.2) is 53.0 Å². The minimum Gasteiger partial charge on any atom is -0.491 e. The number of amides is 2. The molecular weight excluding hydrogens is 424 g/mol. The van der Waals surface area contributed by atoms with E-state index in [-0.39, 0.29) is 24.2 Å². The molecule has 1 unspecified atom stereocenters. The monoisotopic (exact) mass is 446 g/mol. The van der Waals surface area contributed by atoms with E-state index < -0.39 is 0 Å². The minimum absolute atomic E-state index is 0.0317. The van der Waals surface area contributed by atoms with Gasteiger partial charge < -0.3 is 19.7 Å². The molecule has 1 saturated heterocycles. The van der Waals surface area contributed by atoms with Crippen molar-refractivity contribution in [2.45, 2.75) is 13.0 Å². The van der Waals surface area contributed by atoms with Gasteiger partial charge in [0.2, 0.25) is 11.8 Å². The van der Waals surface area contributed by atoms with E-state index >= 15 is 0 Å². The van der Waals surface area contributed by atoms with Crippen molar-refractivity contribution in [3.05, 3.63) is 58.6 Å². The maximum Gasteiger partial charge on any atom is 0.227 e. The zero-order valence-electron chi connectivity index (χ0n) is 15.7. The predicted octanol–water partition coefficient (Wildman–Crippen LogP) is 3.14. The number of anilines is 1. The first-order valence-corrected chi connectivity index (χ1v) is 9.90. The molecule has 0 spiro atoms. The standard InChI is InChI=1S/C21H23BrN2O4/c1-27-9-10-28-19-7-5-15(6-8-19)13-23-21(26)16-11-20(25)24(14-16)18-4-2-3-17(22)12-18/h2-8,12,16H,9-11,13-14H2,1H3,(H,23,26). The fourth-order valence-electron chi connectivity index (χ4n) is 3.06. The molecule has 1 aliphatic heterocycles. The summed E-state index contributed by atoms with van der Waals surface area (Å²) in [6, 6.07) is 15.1. The van der Waals surface area contributed by atoms with E-state index in [4.69, 9.17) is 9.47 Å². The van der Waals surface area contributed by atoms with E-state index in [1.165, 1.54) is 0 Å². The molecule has 1 N–H and O–H groups in total. The Morgan fingerprint density at radius 2 is 2.00 bits per heavy atom. The first-order valence-electron chi connectivity index (χ1n) is 9.11. The molecule has 1 heterocycles. The van der Waals surface area contributed by atoms with Gasteiger partial charge in [-0.2, -0.15) is 0 Å². The number of methoxy groups -OCH3 is 1. The molecule has 28 heavy (non-hydrogen) atoms. The molecule has 1 aliphatic rings. The van der Waals surface area contributed by atoms with Gasteiger partial charge in [0.25, 0.3) is 0 Å². The summed E-state index contributed by atoms with van der Waals surface area (Å²) < 4.78 is 11.4. The summed E-state index contributed by atoms with van der Waals surface area (Å²) in [5.41, 5.74) is 1.78. The van der Waals surface area contributed by atoms with E-state index in [0.29, 0.717) is 26.3 Å². The smallest absolute Gasteiger partial charge is 0.227 e. The number of nitrogens with one attached hydrogen (secondary N) is 1. The highest BCUT2D eigenvalue weighted by atomic mass is 79.9. The molecule has 2 aromatic carbocycles. The average Bonchev–Trinajstić information content (AvgIpc) is 3.09. The van der Waals surface area contributed by atoms with Crippen LogP contribution in [0.4, 0.5) is 5.69 Å². The summed E-state index contributed by atoms with van der Waals surface area (Å²) in [7, 11) is 1.63. The minimum atomic E-state index is -0.344. The summed E-state index contributed by atoms with van der Waals surface area (Å²) in [4.78, 5) is 26.5. The van der Waals surface area contributed by atoms with Crippen LogP contribution < -0.4 is 15.0 Å². The zero-order valence-corrected chi connectivity index (χ0v) is 17.3. The molecule has 0 bridgehead atoms. The Kier molecular flexibility index (Phi) is 7.06. The highest BCUT2D eigenvalue weighted by Gasteiger charge is 2.35. The van der Waals surface area contributed by atoms with Crippen LogP contribution in [0.3, 0.4) is 0 Å². The van der Waals surface area contributed by atoms with E-state index in [9.17, 15) is 9.59 Å². The lowest BCUT2D eigenvalue weighted by Gasteiger charge is -2.17. The van der Waals surface area contributed by atoms with Gasteiger partial charge in [-0.1, -0.05) is 34.1 Å². The van der Waals surface area contributed by atoms with Crippen LogP contribution in [0.2, 0.25) is 0 Å². The summed E-state index contributed by atoms with van der Waals surface area (Å²) in [5.74, 6) is 0.281. The zero-order chi connectivity index (χ0) is 19.9. The molecule has 0 radical (unpaired) electrons. The molecule has 0 aromatic heterocycles.